The quantitative estimate of drug-likeness (QED) is 0.675. The lowest BCUT2D eigenvalue weighted by atomic mass is 9.95. The molecule has 1 aromatic heterocycles. The van der Waals surface area contributed by atoms with Crippen molar-refractivity contribution in [1.82, 2.24) is 20.0 Å². The van der Waals surface area contributed by atoms with E-state index in [4.69, 9.17) is 0 Å². The van der Waals surface area contributed by atoms with Gasteiger partial charge in [-0.1, -0.05) is 48.5 Å². The number of carbonyl (C=O) groups is 2. The number of nitrogens with one attached hydrogen (secondary N) is 1. The van der Waals surface area contributed by atoms with E-state index in [1.165, 1.54) is 11.1 Å². The summed E-state index contributed by atoms with van der Waals surface area (Å²) in [6, 6.07) is 16.0. The van der Waals surface area contributed by atoms with Crippen LogP contribution >= 0.6 is 0 Å². The Hall–Kier alpha value is -3.41. The molecule has 2 heterocycles. The molecule has 1 aliphatic heterocycles. The van der Waals surface area contributed by atoms with Gasteiger partial charge < -0.3 is 10.2 Å². The monoisotopic (exact) mass is 430 g/mol. The molecule has 32 heavy (non-hydrogen) atoms. The molecule has 2 aromatic carbocycles. The molecule has 0 unspecified atom stereocenters. The van der Waals surface area contributed by atoms with Crippen LogP contribution in [-0.4, -0.2) is 45.6 Å². The largest absolute Gasteiger partial charge is 0.353 e. The molecule has 0 radical (unpaired) electrons. The number of piperazine rings is 1. The van der Waals surface area contributed by atoms with Crippen LogP contribution in [0.1, 0.15) is 28.1 Å². The summed E-state index contributed by atoms with van der Waals surface area (Å²) >= 11 is 0. The molecular weight excluding hydrogens is 400 g/mol. The number of rotatable bonds is 5. The maximum Gasteiger partial charge on any atom is 0.245 e. The van der Waals surface area contributed by atoms with Gasteiger partial charge in [0.25, 0.3) is 0 Å². The Labute approximate surface area is 189 Å². The van der Waals surface area contributed by atoms with Gasteiger partial charge in [-0.05, 0) is 55.5 Å². The van der Waals surface area contributed by atoms with Crippen LogP contribution in [-0.2, 0) is 22.6 Å². The molecule has 0 saturated carbocycles. The topological polar surface area (TPSA) is 67.2 Å². The summed E-state index contributed by atoms with van der Waals surface area (Å²) < 4.78 is 1.75. The van der Waals surface area contributed by atoms with E-state index in [1.807, 2.05) is 45.0 Å². The predicted octanol–water partition coefficient (Wildman–Crippen LogP) is 3.35. The van der Waals surface area contributed by atoms with E-state index in [9.17, 15) is 9.59 Å². The summed E-state index contributed by atoms with van der Waals surface area (Å²) in [7, 11) is 0. The van der Waals surface area contributed by atoms with Crippen molar-refractivity contribution in [1.29, 1.82) is 0 Å². The summed E-state index contributed by atoms with van der Waals surface area (Å²) in [5, 5.41) is 7.42. The lowest BCUT2D eigenvalue weighted by Gasteiger charge is -2.35. The second-order valence-corrected chi connectivity index (χ2v) is 8.57. The molecular formula is C26H30N4O2. The number of aromatic nitrogens is 2. The predicted molar refractivity (Wildman–Crippen MR) is 125 cm³/mol. The van der Waals surface area contributed by atoms with E-state index in [-0.39, 0.29) is 18.4 Å². The fourth-order valence-electron chi connectivity index (χ4n) is 4.36. The second kappa shape index (κ2) is 8.99. The van der Waals surface area contributed by atoms with E-state index >= 15 is 0 Å². The van der Waals surface area contributed by atoms with Crippen molar-refractivity contribution >= 4 is 11.8 Å². The smallest absolute Gasteiger partial charge is 0.245 e. The third kappa shape index (κ3) is 4.31. The highest BCUT2D eigenvalue weighted by molar-refractivity contribution is 5.89. The summed E-state index contributed by atoms with van der Waals surface area (Å²) in [6.07, 6.45) is 0.480. The molecule has 1 saturated heterocycles. The minimum Gasteiger partial charge on any atom is -0.353 e. The minimum atomic E-state index is -0.526. The molecule has 3 aromatic rings. The van der Waals surface area contributed by atoms with E-state index < -0.39 is 6.04 Å². The van der Waals surface area contributed by atoms with Gasteiger partial charge in [0, 0.05) is 25.2 Å². The molecule has 2 amide bonds. The molecule has 1 atom stereocenters. The van der Waals surface area contributed by atoms with Crippen molar-refractivity contribution < 1.29 is 9.59 Å². The summed E-state index contributed by atoms with van der Waals surface area (Å²) in [5.41, 5.74) is 7.54. The lowest BCUT2D eigenvalue weighted by molar-refractivity contribution is -0.143. The third-order valence-corrected chi connectivity index (χ3v) is 6.49. The van der Waals surface area contributed by atoms with Gasteiger partial charge in [-0.25, -0.2) is 0 Å². The van der Waals surface area contributed by atoms with Crippen LogP contribution in [0.4, 0.5) is 0 Å². The molecule has 1 fully saturated rings. The first-order valence-electron chi connectivity index (χ1n) is 11.1. The number of carbonyl (C=O) groups excluding carboxylic acids is 2. The second-order valence-electron chi connectivity index (χ2n) is 8.57. The first-order valence-corrected chi connectivity index (χ1v) is 11.1. The Kier molecular flexibility index (Phi) is 6.12. The Balaban J connectivity index is 1.56. The number of amides is 2. The number of hydrogen-bond donors (Lipinski definition) is 1. The minimum absolute atomic E-state index is 0.0782. The Bertz CT molecular complexity index is 1160. The summed E-state index contributed by atoms with van der Waals surface area (Å²) in [5.74, 6) is -0.180. The van der Waals surface area contributed by atoms with Crippen LogP contribution in [0.3, 0.4) is 0 Å². The van der Waals surface area contributed by atoms with Crippen molar-refractivity contribution in [2.45, 2.75) is 46.7 Å². The highest BCUT2D eigenvalue weighted by Crippen LogP contribution is 2.25. The van der Waals surface area contributed by atoms with Crippen molar-refractivity contribution in [3.63, 3.8) is 0 Å². The Morgan fingerprint density at radius 1 is 1.09 bits per heavy atom. The van der Waals surface area contributed by atoms with Gasteiger partial charge in [0.2, 0.25) is 11.8 Å². The Morgan fingerprint density at radius 3 is 2.59 bits per heavy atom. The van der Waals surface area contributed by atoms with Gasteiger partial charge >= 0.3 is 0 Å². The summed E-state index contributed by atoms with van der Waals surface area (Å²) in [4.78, 5) is 27.7. The average molecular weight is 431 g/mol. The summed E-state index contributed by atoms with van der Waals surface area (Å²) in [6.45, 7) is 9.15. The molecule has 6 nitrogen and oxygen atoms in total. The molecule has 6 heteroatoms. The van der Waals surface area contributed by atoms with Crippen molar-refractivity contribution in [3.8, 4) is 11.1 Å². The van der Waals surface area contributed by atoms with Gasteiger partial charge in [-0.15, -0.1) is 0 Å². The first-order chi connectivity index (χ1) is 15.3. The van der Waals surface area contributed by atoms with E-state index in [0.717, 1.165) is 28.1 Å². The lowest BCUT2D eigenvalue weighted by Crippen LogP contribution is -2.58. The van der Waals surface area contributed by atoms with Crippen LogP contribution in [0.2, 0.25) is 0 Å². The van der Waals surface area contributed by atoms with Crippen LogP contribution in [0, 0.1) is 27.7 Å². The maximum atomic E-state index is 13.2. The molecule has 1 aliphatic rings. The number of nitrogens with zero attached hydrogens (tertiary/aromatic N) is 3. The fourth-order valence-corrected chi connectivity index (χ4v) is 4.36. The molecule has 4 rings (SSSR count). The van der Waals surface area contributed by atoms with Gasteiger partial charge in [-0.2, -0.15) is 5.10 Å². The Morgan fingerprint density at radius 2 is 1.88 bits per heavy atom. The van der Waals surface area contributed by atoms with Crippen LogP contribution in [0.25, 0.3) is 11.1 Å². The molecule has 0 spiro atoms. The zero-order valence-electron chi connectivity index (χ0n) is 19.2. The standard InChI is InChI=1S/C26H30N4O2/c1-17-8-5-6-11-23(17)22-10-7-9-21(14-22)15-24-26(32)27-12-13-29(24)25(31)16-30-20(4)18(2)19(3)28-30/h5-11,14,24H,12-13,15-16H2,1-4H3,(H,27,32)/t24-/m0/s1. The fraction of sp³-hybridized carbons (Fsp3) is 0.346. The van der Waals surface area contributed by atoms with Gasteiger partial charge in [-0.3, -0.25) is 14.3 Å². The zero-order chi connectivity index (χ0) is 22.8. The van der Waals surface area contributed by atoms with Crippen LogP contribution in [0.15, 0.2) is 48.5 Å². The number of hydrogen-bond acceptors (Lipinski definition) is 3. The molecule has 0 aliphatic carbocycles. The van der Waals surface area contributed by atoms with Crippen molar-refractivity contribution in [3.05, 3.63) is 76.6 Å². The van der Waals surface area contributed by atoms with Crippen molar-refractivity contribution in [2.75, 3.05) is 13.1 Å². The number of benzene rings is 2. The van der Waals surface area contributed by atoms with E-state index in [0.29, 0.717) is 19.5 Å². The first kappa shape index (κ1) is 21.8. The maximum absolute atomic E-state index is 13.2. The average Bonchev–Trinajstić information content (AvgIpc) is 3.02. The van der Waals surface area contributed by atoms with E-state index in [2.05, 4.69) is 41.6 Å². The zero-order valence-corrected chi connectivity index (χ0v) is 19.2. The molecule has 1 N–H and O–H groups in total. The highest BCUT2D eigenvalue weighted by atomic mass is 16.2. The van der Waals surface area contributed by atoms with Crippen LogP contribution in [0.5, 0.6) is 0 Å². The SMILES string of the molecule is Cc1ccccc1-c1cccc(C[C@H]2C(=O)NCCN2C(=O)Cn2nc(C)c(C)c2C)c1. The van der Waals surface area contributed by atoms with Gasteiger partial charge in [0.15, 0.2) is 0 Å². The normalized spacial score (nSPS) is 16.2. The number of aryl methyl sites for hydroxylation is 2. The van der Waals surface area contributed by atoms with Gasteiger partial charge in [0.1, 0.15) is 12.6 Å². The molecule has 0 bridgehead atoms. The third-order valence-electron chi connectivity index (χ3n) is 6.49. The molecule has 166 valence electrons. The van der Waals surface area contributed by atoms with Crippen LogP contribution < -0.4 is 5.32 Å². The highest BCUT2D eigenvalue weighted by Gasteiger charge is 2.33. The van der Waals surface area contributed by atoms with Gasteiger partial charge in [0.05, 0.1) is 5.69 Å². The van der Waals surface area contributed by atoms with E-state index in [1.54, 1.807) is 9.58 Å². The van der Waals surface area contributed by atoms with Crippen molar-refractivity contribution in [2.24, 2.45) is 0 Å².